The average molecular weight is 438 g/mol. The van der Waals surface area contributed by atoms with Crippen molar-refractivity contribution in [2.45, 2.75) is 17.7 Å². The molecule has 4 aromatic carbocycles. The number of nitrogens with zero attached hydrogens (tertiary/aromatic N) is 1. The Bertz CT molecular complexity index is 1000. The minimum Gasteiger partial charge on any atom is -0.387 e. The maximum Gasteiger partial charge on any atom is 0.143 e. The van der Waals surface area contributed by atoms with Crippen molar-refractivity contribution in [1.82, 2.24) is 4.90 Å². The van der Waals surface area contributed by atoms with Crippen molar-refractivity contribution in [2.24, 2.45) is 0 Å². The Hall–Kier alpha value is -3.24. The van der Waals surface area contributed by atoms with Gasteiger partial charge in [-0.05, 0) is 36.3 Å². The van der Waals surface area contributed by atoms with Gasteiger partial charge in [-0.2, -0.15) is 0 Å². The first-order valence-corrected chi connectivity index (χ1v) is 11.3. The van der Waals surface area contributed by atoms with Gasteiger partial charge in [-0.15, -0.1) is 0 Å². The summed E-state index contributed by atoms with van der Waals surface area (Å²) in [5, 5.41) is 11.2. The smallest absolute Gasteiger partial charge is 0.143 e. The van der Waals surface area contributed by atoms with E-state index in [4.69, 9.17) is 4.74 Å². The fourth-order valence-electron chi connectivity index (χ4n) is 4.37. The van der Waals surface area contributed by atoms with E-state index in [2.05, 4.69) is 36.4 Å². The molecule has 0 aliphatic carbocycles. The summed E-state index contributed by atoms with van der Waals surface area (Å²) in [6.07, 6.45) is -0.679. The van der Waals surface area contributed by atoms with Crippen LogP contribution < -0.4 is 0 Å². The van der Waals surface area contributed by atoms with E-state index in [0.717, 1.165) is 22.3 Å². The van der Waals surface area contributed by atoms with Crippen molar-refractivity contribution in [3.63, 3.8) is 0 Å². The molecule has 0 spiro atoms. The Morgan fingerprint density at radius 3 is 1.36 bits per heavy atom. The van der Waals surface area contributed by atoms with Crippen LogP contribution in [0.2, 0.25) is 0 Å². The standard InChI is InChI=1S/C30H31NO2/c1-31(2)28(29(32)24-15-7-3-8-16-24)23-33-30(25-17-9-4-10-18-25,26-19-11-5-12-20-26)27-21-13-6-14-22-27/h3-22,28-29,32H,23H2,1-2H3/t28-,29-/m1/s1. The van der Waals surface area contributed by atoms with Crippen molar-refractivity contribution in [2.75, 3.05) is 20.7 Å². The van der Waals surface area contributed by atoms with Crippen LogP contribution in [0, 0.1) is 0 Å². The summed E-state index contributed by atoms with van der Waals surface area (Å²) in [5.41, 5.74) is 3.22. The predicted octanol–water partition coefficient (Wildman–Crippen LogP) is 5.66. The molecule has 3 nitrogen and oxygen atoms in total. The zero-order valence-electron chi connectivity index (χ0n) is 19.2. The van der Waals surface area contributed by atoms with Crippen LogP contribution in [0.1, 0.15) is 28.4 Å². The third-order valence-corrected chi connectivity index (χ3v) is 6.18. The van der Waals surface area contributed by atoms with Gasteiger partial charge in [0.1, 0.15) is 5.60 Å². The summed E-state index contributed by atoms with van der Waals surface area (Å²) in [7, 11) is 3.96. The lowest BCUT2D eigenvalue weighted by molar-refractivity contribution is -0.0480. The van der Waals surface area contributed by atoms with Crippen LogP contribution in [0.3, 0.4) is 0 Å². The number of aliphatic hydroxyl groups excluding tert-OH is 1. The second-order valence-electron chi connectivity index (χ2n) is 8.48. The van der Waals surface area contributed by atoms with Gasteiger partial charge in [-0.1, -0.05) is 121 Å². The van der Waals surface area contributed by atoms with Crippen LogP contribution in [0.5, 0.6) is 0 Å². The molecule has 4 aromatic rings. The van der Waals surface area contributed by atoms with Gasteiger partial charge >= 0.3 is 0 Å². The maximum absolute atomic E-state index is 11.2. The minimum absolute atomic E-state index is 0.233. The summed E-state index contributed by atoms with van der Waals surface area (Å²) in [6, 6.07) is 40.5. The molecule has 0 saturated heterocycles. The average Bonchev–Trinajstić information content (AvgIpc) is 2.88. The normalized spacial score (nSPS) is 13.6. The van der Waals surface area contributed by atoms with Gasteiger partial charge in [0.2, 0.25) is 0 Å². The Morgan fingerprint density at radius 2 is 1.00 bits per heavy atom. The molecule has 4 rings (SSSR count). The van der Waals surface area contributed by atoms with Gasteiger partial charge in [-0.25, -0.2) is 0 Å². The summed E-state index contributed by atoms with van der Waals surface area (Å²) >= 11 is 0. The van der Waals surface area contributed by atoms with Crippen LogP contribution in [0.25, 0.3) is 0 Å². The van der Waals surface area contributed by atoms with E-state index in [1.54, 1.807) is 0 Å². The van der Waals surface area contributed by atoms with Crippen LogP contribution in [0.15, 0.2) is 121 Å². The van der Waals surface area contributed by atoms with E-state index in [-0.39, 0.29) is 6.04 Å². The SMILES string of the molecule is CN(C)[C@H](COC(c1ccccc1)(c1ccccc1)c1ccccc1)[C@H](O)c1ccccc1. The van der Waals surface area contributed by atoms with Crippen LogP contribution >= 0.6 is 0 Å². The Kier molecular flexibility index (Phi) is 7.36. The molecule has 0 amide bonds. The first kappa shape index (κ1) is 22.9. The van der Waals surface area contributed by atoms with E-state index >= 15 is 0 Å². The zero-order valence-corrected chi connectivity index (χ0v) is 19.2. The van der Waals surface area contributed by atoms with E-state index in [9.17, 15) is 5.11 Å². The van der Waals surface area contributed by atoms with E-state index in [1.807, 2.05) is 104 Å². The van der Waals surface area contributed by atoms with Gasteiger partial charge in [0.15, 0.2) is 0 Å². The molecular formula is C30H31NO2. The van der Waals surface area contributed by atoms with Crippen molar-refractivity contribution >= 4 is 0 Å². The number of benzene rings is 4. The Labute approximate surface area is 196 Å². The molecule has 0 bridgehead atoms. The quantitative estimate of drug-likeness (QED) is 0.343. The van der Waals surface area contributed by atoms with Crippen molar-refractivity contribution in [3.8, 4) is 0 Å². The number of hydrogen-bond acceptors (Lipinski definition) is 3. The van der Waals surface area contributed by atoms with Gasteiger partial charge in [-0.3, -0.25) is 0 Å². The number of ether oxygens (including phenoxy) is 1. The molecule has 2 atom stereocenters. The predicted molar refractivity (Wildman–Crippen MR) is 134 cm³/mol. The third-order valence-electron chi connectivity index (χ3n) is 6.18. The summed E-state index contributed by atoms with van der Waals surface area (Å²) in [4.78, 5) is 2.03. The summed E-state index contributed by atoms with van der Waals surface area (Å²) < 4.78 is 6.95. The molecule has 0 fully saturated rings. The monoisotopic (exact) mass is 437 g/mol. The highest BCUT2D eigenvalue weighted by Gasteiger charge is 2.39. The minimum atomic E-state index is -0.811. The first-order valence-electron chi connectivity index (χ1n) is 11.3. The van der Waals surface area contributed by atoms with E-state index < -0.39 is 11.7 Å². The molecule has 0 aromatic heterocycles. The van der Waals surface area contributed by atoms with Crippen LogP contribution in [-0.4, -0.2) is 36.8 Å². The second-order valence-corrected chi connectivity index (χ2v) is 8.48. The molecule has 0 aliphatic heterocycles. The molecule has 1 N–H and O–H groups in total. The lowest BCUT2D eigenvalue weighted by Gasteiger charge is -2.39. The molecule has 3 heteroatoms. The Morgan fingerprint density at radius 1 is 0.636 bits per heavy atom. The highest BCUT2D eigenvalue weighted by atomic mass is 16.5. The molecule has 0 aliphatic rings. The van der Waals surface area contributed by atoms with Crippen LogP contribution in [-0.2, 0) is 10.3 Å². The molecule has 168 valence electrons. The highest BCUT2D eigenvalue weighted by molar-refractivity contribution is 5.47. The zero-order chi connectivity index (χ0) is 23.1. The van der Waals surface area contributed by atoms with Crippen LogP contribution in [0.4, 0.5) is 0 Å². The maximum atomic E-state index is 11.2. The van der Waals surface area contributed by atoms with Gasteiger partial charge in [0.25, 0.3) is 0 Å². The van der Waals surface area contributed by atoms with Gasteiger partial charge < -0.3 is 14.7 Å². The molecule has 0 radical (unpaired) electrons. The number of hydrogen-bond donors (Lipinski definition) is 1. The summed E-state index contributed by atoms with van der Waals surface area (Å²) in [6.45, 7) is 0.335. The first-order chi connectivity index (χ1) is 16.1. The van der Waals surface area contributed by atoms with Gasteiger partial charge in [0.05, 0.1) is 18.8 Å². The molecule has 33 heavy (non-hydrogen) atoms. The van der Waals surface area contributed by atoms with E-state index in [1.165, 1.54) is 0 Å². The third kappa shape index (κ3) is 4.91. The lowest BCUT2D eigenvalue weighted by Crippen LogP contribution is -2.42. The highest BCUT2D eigenvalue weighted by Crippen LogP contribution is 2.41. The van der Waals surface area contributed by atoms with Gasteiger partial charge in [0, 0.05) is 0 Å². The largest absolute Gasteiger partial charge is 0.387 e. The second kappa shape index (κ2) is 10.6. The molecule has 0 heterocycles. The lowest BCUT2D eigenvalue weighted by atomic mass is 9.80. The van der Waals surface area contributed by atoms with Crippen molar-refractivity contribution in [3.05, 3.63) is 144 Å². The fraction of sp³-hybridized carbons (Fsp3) is 0.200. The molecular weight excluding hydrogens is 406 g/mol. The summed E-state index contributed by atoms with van der Waals surface area (Å²) in [5.74, 6) is 0. The number of likely N-dealkylation sites (N-methyl/N-ethyl adjacent to an activating group) is 1. The number of aliphatic hydroxyl groups is 1. The van der Waals surface area contributed by atoms with Crippen molar-refractivity contribution in [1.29, 1.82) is 0 Å². The van der Waals surface area contributed by atoms with Crippen molar-refractivity contribution < 1.29 is 9.84 Å². The topological polar surface area (TPSA) is 32.7 Å². The number of rotatable bonds is 9. The van der Waals surface area contributed by atoms with E-state index in [0.29, 0.717) is 6.61 Å². The fourth-order valence-corrected chi connectivity index (χ4v) is 4.37. The molecule has 0 unspecified atom stereocenters. The Balaban J connectivity index is 1.80. The molecule has 0 saturated carbocycles.